The van der Waals surface area contributed by atoms with E-state index in [1.165, 1.54) is 12.4 Å². The Balaban J connectivity index is 1.32. The first-order chi connectivity index (χ1) is 17.5. The zero-order chi connectivity index (χ0) is 26.6. The van der Waals surface area contributed by atoms with Gasteiger partial charge < -0.3 is 14.2 Å². The van der Waals surface area contributed by atoms with E-state index in [2.05, 4.69) is 25.5 Å². The molecule has 0 N–H and O–H groups in total. The maximum absolute atomic E-state index is 14.6. The van der Waals surface area contributed by atoms with Crippen molar-refractivity contribution in [2.75, 3.05) is 6.61 Å². The van der Waals surface area contributed by atoms with Crippen LogP contribution >= 0.6 is 0 Å². The summed E-state index contributed by atoms with van der Waals surface area (Å²) < 4.78 is 93.3. The maximum Gasteiger partial charge on any atom is 0.573 e. The summed E-state index contributed by atoms with van der Waals surface area (Å²) in [5.41, 5.74) is 0.764. The van der Waals surface area contributed by atoms with Crippen LogP contribution in [0.15, 0.2) is 42.4 Å². The molecule has 1 heterocycles. The zero-order valence-electron chi connectivity index (χ0n) is 20.2. The Morgan fingerprint density at radius 1 is 0.919 bits per heavy atom. The van der Waals surface area contributed by atoms with Crippen molar-refractivity contribution in [1.82, 2.24) is 9.97 Å². The normalized spacial score (nSPS) is 22.8. The van der Waals surface area contributed by atoms with Gasteiger partial charge in [0.1, 0.15) is 5.75 Å². The third-order valence-electron chi connectivity index (χ3n) is 6.96. The van der Waals surface area contributed by atoms with Gasteiger partial charge in [-0.1, -0.05) is 0 Å². The minimum absolute atomic E-state index is 0.174. The Hall–Kier alpha value is -2.98. The number of alkyl halides is 5. The van der Waals surface area contributed by atoms with Crippen molar-refractivity contribution in [1.29, 1.82) is 0 Å². The first kappa shape index (κ1) is 27.1. The summed E-state index contributed by atoms with van der Waals surface area (Å²) in [5, 5.41) is 0. The fourth-order valence-electron chi connectivity index (χ4n) is 5.14. The number of benzene rings is 1. The molecule has 0 spiro atoms. The molecule has 2 aromatic rings. The maximum atomic E-state index is 14.6. The first-order valence-corrected chi connectivity index (χ1v) is 12.3. The number of nitrogens with zero attached hydrogens (tertiary/aromatic N) is 2. The molecule has 0 bridgehead atoms. The number of hydrogen-bond donors (Lipinski definition) is 0. The van der Waals surface area contributed by atoms with E-state index in [1.54, 1.807) is 0 Å². The number of allylic oxidation sites excluding steroid dienone is 2. The van der Waals surface area contributed by atoms with E-state index in [0.29, 0.717) is 30.6 Å². The van der Waals surface area contributed by atoms with Crippen molar-refractivity contribution < 1.29 is 40.6 Å². The Kier molecular flexibility index (Phi) is 8.18. The van der Waals surface area contributed by atoms with Crippen LogP contribution in [0.5, 0.6) is 11.5 Å². The van der Waals surface area contributed by atoms with Gasteiger partial charge in [0.25, 0.3) is 0 Å². The molecule has 1 fully saturated rings. The lowest BCUT2D eigenvalue weighted by Gasteiger charge is -2.35. The highest BCUT2D eigenvalue weighted by atomic mass is 19.4. The molecule has 1 aromatic heterocycles. The van der Waals surface area contributed by atoms with Crippen molar-refractivity contribution >= 4 is 0 Å². The molecule has 2 aliphatic carbocycles. The number of halogens is 6. The standard InChI is InChI=1S/C26H28F6N2O3/c1-2-35-20-9-7-17(8-10-20)16-3-5-18(6-4-16)19-14-33-24(34-15-19)25(28,29)36-21-11-12-23(22(27)13-21)37-26(30,31)32/h9,11-18H,2-8,10H2,1H3. The second kappa shape index (κ2) is 11.2. The first-order valence-electron chi connectivity index (χ1n) is 12.3. The van der Waals surface area contributed by atoms with E-state index >= 15 is 0 Å². The van der Waals surface area contributed by atoms with Crippen LogP contribution in [0.2, 0.25) is 0 Å². The molecule has 1 aromatic carbocycles. The van der Waals surface area contributed by atoms with E-state index in [9.17, 15) is 26.3 Å². The zero-order valence-corrected chi connectivity index (χ0v) is 20.2. The van der Waals surface area contributed by atoms with Crippen LogP contribution in [0.1, 0.15) is 69.2 Å². The van der Waals surface area contributed by atoms with Crippen molar-refractivity contribution in [2.45, 2.75) is 70.3 Å². The third-order valence-corrected chi connectivity index (χ3v) is 6.96. The second-order valence-corrected chi connectivity index (χ2v) is 9.35. The van der Waals surface area contributed by atoms with Crippen LogP contribution in [0.3, 0.4) is 0 Å². The molecule has 11 heteroatoms. The molecular weight excluding hydrogens is 502 g/mol. The lowest BCUT2D eigenvalue weighted by atomic mass is 9.71. The van der Waals surface area contributed by atoms with Crippen LogP contribution in [0, 0.1) is 17.7 Å². The molecule has 1 unspecified atom stereocenters. The summed E-state index contributed by atoms with van der Waals surface area (Å²) in [7, 11) is 0. The molecule has 0 saturated heterocycles. The monoisotopic (exact) mass is 530 g/mol. The third kappa shape index (κ3) is 7.07. The lowest BCUT2D eigenvalue weighted by Crippen LogP contribution is -2.26. The van der Waals surface area contributed by atoms with Gasteiger partial charge in [0, 0.05) is 24.9 Å². The largest absolute Gasteiger partial charge is 0.573 e. The number of ether oxygens (including phenoxy) is 3. The molecular formula is C26H28F6N2O3. The minimum atomic E-state index is -5.12. The van der Waals surface area contributed by atoms with Crippen molar-refractivity contribution in [3.8, 4) is 11.5 Å². The topological polar surface area (TPSA) is 53.5 Å². The smallest absolute Gasteiger partial charge is 0.499 e. The summed E-state index contributed by atoms with van der Waals surface area (Å²) in [4.78, 5) is 7.54. The van der Waals surface area contributed by atoms with Gasteiger partial charge in [-0.25, -0.2) is 14.4 Å². The van der Waals surface area contributed by atoms with Gasteiger partial charge in [0.2, 0.25) is 5.82 Å². The van der Waals surface area contributed by atoms with Crippen LogP contribution in [0.25, 0.3) is 0 Å². The Morgan fingerprint density at radius 3 is 2.19 bits per heavy atom. The van der Waals surface area contributed by atoms with Gasteiger partial charge in [0.15, 0.2) is 11.6 Å². The number of hydrogen-bond acceptors (Lipinski definition) is 5. The molecule has 37 heavy (non-hydrogen) atoms. The molecule has 0 amide bonds. The fourth-order valence-corrected chi connectivity index (χ4v) is 5.14. The Morgan fingerprint density at radius 2 is 1.62 bits per heavy atom. The highest BCUT2D eigenvalue weighted by molar-refractivity contribution is 5.33. The number of aromatic nitrogens is 2. The van der Waals surface area contributed by atoms with E-state index in [4.69, 9.17) is 4.74 Å². The molecule has 4 rings (SSSR count). The second-order valence-electron chi connectivity index (χ2n) is 9.35. The summed E-state index contributed by atoms with van der Waals surface area (Å²) >= 11 is 0. The van der Waals surface area contributed by atoms with Crippen molar-refractivity contribution in [2.24, 2.45) is 11.8 Å². The Bertz CT molecular complexity index is 1080. The van der Waals surface area contributed by atoms with Gasteiger partial charge in [0.05, 0.1) is 12.4 Å². The summed E-state index contributed by atoms with van der Waals surface area (Å²) in [6.07, 6.45) is 2.82. The van der Waals surface area contributed by atoms with Crippen LogP contribution in [0.4, 0.5) is 26.3 Å². The van der Waals surface area contributed by atoms with Crippen LogP contribution in [-0.4, -0.2) is 22.9 Å². The predicted octanol–water partition coefficient (Wildman–Crippen LogP) is 7.64. The molecule has 5 nitrogen and oxygen atoms in total. The van der Waals surface area contributed by atoms with Crippen LogP contribution < -0.4 is 9.47 Å². The quantitative estimate of drug-likeness (QED) is 0.329. The van der Waals surface area contributed by atoms with Gasteiger partial charge in [-0.05, 0) is 87.0 Å². The van der Waals surface area contributed by atoms with E-state index in [-0.39, 0.29) is 5.92 Å². The minimum Gasteiger partial charge on any atom is -0.499 e. The van der Waals surface area contributed by atoms with Gasteiger partial charge in [-0.2, -0.15) is 8.78 Å². The summed E-state index contributed by atoms with van der Waals surface area (Å²) in [6.45, 7) is 2.67. The van der Waals surface area contributed by atoms with Gasteiger partial charge >= 0.3 is 12.5 Å². The fraction of sp³-hybridized carbons (Fsp3) is 0.538. The Labute approximate surface area is 210 Å². The molecule has 1 saturated carbocycles. The van der Waals surface area contributed by atoms with Crippen molar-refractivity contribution in [3.63, 3.8) is 0 Å². The SMILES string of the molecule is CCOC1=CCC(C2CCC(c3cnc(C(F)(F)Oc4ccc(OC(F)(F)F)c(F)c4)nc3)CC2)CC1. The lowest BCUT2D eigenvalue weighted by molar-refractivity contribution is -0.275. The van der Waals surface area contributed by atoms with E-state index < -0.39 is 35.6 Å². The average Bonchev–Trinajstić information content (AvgIpc) is 2.86. The summed E-state index contributed by atoms with van der Waals surface area (Å²) in [6, 6.07) is 1.67. The molecule has 0 radical (unpaired) electrons. The van der Waals surface area contributed by atoms with E-state index in [0.717, 1.165) is 62.3 Å². The van der Waals surface area contributed by atoms with Gasteiger partial charge in [-0.15, -0.1) is 13.2 Å². The van der Waals surface area contributed by atoms with Crippen LogP contribution in [-0.2, 0) is 10.8 Å². The molecule has 202 valence electrons. The van der Waals surface area contributed by atoms with Gasteiger partial charge in [-0.3, -0.25) is 0 Å². The highest BCUT2D eigenvalue weighted by Gasteiger charge is 2.39. The van der Waals surface area contributed by atoms with E-state index in [1.807, 2.05) is 6.92 Å². The summed E-state index contributed by atoms with van der Waals surface area (Å²) in [5.74, 6) is -1.77. The molecule has 1 atom stereocenters. The predicted molar refractivity (Wildman–Crippen MR) is 121 cm³/mol. The van der Waals surface area contributed by atoms with Crippen molar-refractivity contribution in [3.05, 3.63) is 59.6 Å². The highest BCUT2D eigenvalue weighted by Crippen LogP contribution is 2.43. The molecule has 2 aliphatic rings. The average molecular weight is 531 g/mol. The molecule has 0 aliphatic heterocycles. The number of rotatable bonds is 8.